The van der Waals surface area contributed by atoms with E-state index >= 15 is 0 Å². The van der Waals surface area contributed by atoms with Crippen molar-refractivity contribution in [2.45, 2.75) is 46.1 Å². The van der Waals surface area contributed by atoms with Crippen LogP contribution in [0.5, 0.6) is 0 Å². The fourth-order valence-electron chi connectivity index (χ4n) is 2.34. The molecule has 2 aromatic rings. The van der Waals surface area contributed by atoms with Crippen LogP contribution in [0.4, 0.5) is 0 Å². The minimum Gasteiger partial charge on any atom is -0.343 e. The lowest BCUT2D eigenvalue weighted by molar-refractivity contribution is 0.0872. The molecule has 1 unspecified atom stereocenters. The van der Waals surface area contributed by atoms with Gasteiger partial charge in [0.15, 0.2) is 0 Å². The predicted molar refractivity (Wildman–Crippen MR) is 100 cm³/mol. The zero-order valence-corrected chi connectivity index (χ0v) is 16.1. The number of benzene rings is 1. The molecule has 0 fully saturated rings. The van der Waals surface area contributed by atoms with Crippen molar-refractivity contribution in [1.29, 1.82) is 0 Å². The lowest BCUT2D eigenvalue weighted by Gasteiger charge is -2.33. The first kappa shape index (κ1) is 19.4. The summed E-state index contributed by atoms with van der Waals surface area (Å²) in [7, 11) is 0. The zero-order valence-electron chi connectivity index (χ0n) is 15.4. The van der Waals surface area contributed by atoms with E-state index in [9.17, 15) is 4.79 Å². The van der Waals surface area contributed by atoms with Crippen LogP contribution >= 0.6 is 11.6 Å². The van der Waals surface area contributed by atoms with E-state index < -0.39 is 5.54 Å². The highest BCUT2D eigenvalue weighted by molar-refractivity contribution is 6.32. The van der Waals surface area contributed by atoms with E-state index in [0.717, 1.165) is 0 Å². The Morgan fingerprint density at radius 2 is 1.96 bits per heavy atom. The van der Waals surface area contributed by atoms with Crippen molar-refractivity contribution < 1.29 is 4.79 Å². The average Bonchev–Trinajstić information content (AvgIpc) is 3.00. The van der Waals surface area contributed by atoms with Gasteiger partial charge in [-0.1, -0.05) is 51.4 Å². The molecule has 0 aliphatic heterocycles. The van der Waals surface area contributed by atoms with Crippen molar-refractivity contribution in [3.63, 3.8) is 0 Å². The number of halogens is 1. The third-order valence-electron chi connectivity index (χ3n) is 4.53. The molecular weight excluding hydrogens is 338 g/mol. The van der Waals surface area contributed by atoms with Gasteiger partial charge in [0.1, 0.15) is 5.82 Å². The summed E-state index contributed by atoms with van der Waals surface area (Å²) in [6.45, 7) is 10.3. The van der Waals surface area contributed by atoms with Gasteiger partial charge in [0.05, 0.1) is 16.2 Å². The van der Waals surface area contributed by atoms with E-state index in [-0.39, 0.29) is 23.6 Å². The lowest BCUT2D eigenvalue weighted by Crippen LogP contribution is -2.55. The average molecular weight is 364 g/mol. The first-order valence-electron chi connectivity index (χ1n) is 8.44. The van der Waals surface area contributed by atoms with Crippen LogP contribution in [0.3, 0.4) is 0 Å². The van der Waals surface area contributed by atoms with Crippen LogP contribution in [0.25, 0.3) is 5.69 Å². The molecule has 6 nitrogen and oxygen atoms in total. The molecule has 25 heavy (non-hydrogen) atoms. The third kappa shape index (κ3) is 4.02. The number of hydrogen-bond acceptors (Lipinski definition) is 4. The number of carbonyl (C=O) groups excluding carboxylic acids is 1. The molecule has 0 saturated heterocycles. The Kier molecular flexibility index (Phi) is 5.85. The highest BCUT2D eigenvalue weighted by Crippen LogP contribution is 2.24. The van der Waals surface area contributed by atoms with Gasteiger partial charge < -0.3 is 11.1 Å². The second-order valence-electron chi connectivity index (χ2n) is 7.04. The molecule has 0 aliphatic carbocycles. The number of carbonyl (C=O) groups is 1. The highest BCUT2D eigenvalue weighted by Gasteiger charge is 2.31. The summed E-state index contributed by atoms with van der Waals surface area (Å²) in [5.74, 6) is 0.712. The van der Waals surface area contributed by atoms with Gasteiger partial charge in [-0.15, -0.1) is 5.10 Å². The van der Waals surface area contributed by atoms with Gasteiger partial charge in [0, 0.05) is 12.5 Å². The maximum absolute atomic E-state index is 12.7. The lowest BCUT2D eigenvalue weighted by atomic mass is 9.88. The Balaban J connectivity index is 2.43. The highest BCUT2D eigenvalue weighted by atomic mass is 35.5. The Hall–Kier alpha value is -1.92. The number of rotatable bonds is 6. The standard InChI is InChI=1S/C18H26ClN5O/c1-11(2)16-21-15(17(25)22-18(5,10-20)12(3)4)23-24(16)14-9-7-6-8-13(14)19/h6-9,11-12H,10,20H2,1-5H3,(H,22,25). The fourth-order valence-corrected chi connectivity index (χ4v) is 2.56. The molecular formula is C18H26ClN5O. The summed E-state index contributed by atoms with van der Waals surface area (Å²) < 4.78 is 1.64. The van der Waals surface area contributed by atoms with Crippen molar-refractivity contribution in [3.8, 4) is 5.69 Å². The van der Waals surface area contributed by atoms with Crippen LogP contribution in [0.2, 0.25) is 5.02 Å². The normalized spacial score (nSPS) is 14.0. The Morgan fingerprint density at radius 1 is 1.32 bits per heavy atom. The monoisotopic (exact) mass is 363 g/mol. The van der Waals surface area contributed by atoms with E-state index in [1.165, 1.54) is 0 Å². The van der Waals surface area contributed by atoms with E-state index in [1.54, 1.807) is 10.7 Å². The molecule has 7 heteroatoms. The molecule has 0 aliphatic rings. The molecule has 0 radical (unpaired) electrons. The Morgan fingerprint density at radius 3 is 2.48 bits per heavy atom. The van der Waals surface area contributed by atoms with Crippen molar-refractivity contribution in [2.75, 3.05) is 6.54 Å². The van der Waals surface area contributed by atoms with E-state index in [2.05, 4.69) is 15.4 Å². The topological polar surface area (TPSA) is 85.8 Å². The third-order valence-corrected chi connectivity index (χ3v) is 4.85. The quantitative estimate of drug-likeness (QED) is 0.825. The van der Waals surface area contributed by atoms with Gasteiger partial charge in [-0.25, -0.2) is 9.67 Å². The molecule has 136 valence electrons. The smallest absolute Gasteiger partial charge is 0.291 e. The molecule has 3 N–H and O–H groups in total. The van der Waals surface area contributed by atoms with Crippen LogP contribution < -0.4 is 11.1 Å². The van der Waals surface area contributed by atoms with Crippen molar-refractivity contribution in [2.24, 2.45) is 11.7 Å². The molecule has 0 saturated carbocycles. The summed E-state index contributed by atoms with van der Waals surface area (Å²) in [6.07, 6.45) is 0. The van der Waals surface area contributed by atoms with Crippen molar-refractivity contribution in [3.05, 3.63) is 40.9 Å². The maximum atomic E-state index is 12.7. The van der Waals surface area contributed by atoms with E-state index in [4.69, 9.17) is 17.3 Å². The van der Waals surface area contributed by atoms with Gasteiger partial charge in [-0.2, -0.15) is 0 Å². The molecule has 0 bridgehead atoms. The fraction of sp³-hybridized carbons (Fsp3) is 0.500. The van der Waals surface area contributed by atoms with Crippen LogP contribution in [-0.4, -0.2) is 32.8 Å². The number of hydrogen-bond donors (Lipinski definition) is 2. The number of amides is 1. The van der Waals surface area contributed by atoms with E-state index in [1.807, 2.05) is 52.8 Å². The zero-order chi connectivity index (χ0) is 18.8. The first-order valence-corrected chi connectivity index (χ1v) is 8.82. The molecule has 1 aromatic heterocycles. The molecule has 0 spiro atoms. The molecule has 1 amide bonds. The van der Waals surface area contributed by atoms with E-state index in [0.29, 0.717) is 23.1 Å². The summed E-state index contributed by atoms with van der Waals surface area (Å²) >= 11 is 6.29. The second kappa shape index (κ2) is 7.54. The number of nitrogens with zero attached hydrogens (tertiary/aromatic N) is 3. The van der Waals surface area contributed by atoms with Crippen LogP contribution in [0.1, 0.15) is 57.0 Å². The van der Waals surface area contributed by atoms with Gasteiger partial charge in [0.25, 0.3) is 5.91 Å². The second-order valence-corrected chi connectivity index (χ2v) is 7.45. The first-order chi connectivity index (χ1) is 11.7. The van der Waals surface area contributed by atoms with Crippen molar-refractivity contribution in [1.82, 2.24) is 20.1 Å². The Bertz CT molecular complexity index is 756. The molecule has 2 rings (SSSR count). The molecule has 1 aromatic carbocycles. The van der Waals surface area contributed by atoms with Gasteiger partial charge in [0.2, 0.25) is 5.82 Å². The number of para-hydroxylation sites is 1. The molecule has 1 atom stereocenters. The maximum Gasteiger partial charge on any atom is 0.291 e. The summed E-state index contributed by atoms with van der Waals surface area (Å²) in [4.78, 5) is 17.1. The predicted octanol–water partition coefficient (Wildman–Crippen LogP) is 3.15. The number of nitrogens with two attached hydrogens (primary N) is 1. The summed E-state index contributed by atoms with van der Waals surface area (Å²) in [6, 6.07) is 7.35. The van der Waals surface area contributed by atoms with Crippen molar-refractivity contribution >= 4 is 17.5 Å². The summed E-state index contributed by atoms with van der Waals surface area (Å²) in [5.41, 5.74) is 6.03. The van der Waals surface area contributed by atoms with Crippen LogP contribution in [-0.2, 0) is 0 Å². The molecule has 1 heterocycles. The van der Waals surface area contributed by atoms with Gasteiger partial charge >= 0.3 is 0 Å². The van der Waals surface area contributed by atoms with Gasteiger partial charge in [-0.05, 0) is 25.0 Å². The number of aromatic nitrogens is 3. The Labute approximate surface area is 153 Å². The SMILES string of the molecule is CC(C)c1nc(C(=O)NC(C)(CN)C(C)C)nn1-c1ccccc1Cl. The van der Waals surface area contributed by atoms with Crippen LogP contribution in [0.15, 0.2) is 24.3 Å². The number of nitrogens with one attached hydrogen (secondary N) is 1. The summed E-state index contributed by atoms with van der Waals surface area (Å²) in [5, 5.41) is 7.93. The van der Waals surface area contributed by atoms with Gasteiger partial charge in [-0.3, -0.25) is 4.79 Å². The minimum absolute atomic E-state index is 0.0799. The van der Waals surface area contributed by atoms with Crippen LogP contribution in [0, 0.1) is 5.92 Å². The largest absolute Gasteiger partial charge is 0.343 e. The minimum atomic E-state index is -0.523.